The molecule has 0 spiro atoms. The van der Waals surface area contributed by atoms with Gasteiger partial charge in [0.25, 0.3) is 0 Å². The maximum atomic E-state index is 12.2. The minimum Gasteiger partial charge on any atom is -0.350 e. The van der Waals surface area contributed by atoms with Crippen LogP contribution in [0.3, 0.4) is 0 Å². The minimum absolute atomic E-state index is 0.0955. The van der Waals surface area contributed by atoms with E-state index in [1.165, 1.54) is 0 Å². The predicted octanol–water partition coefficient (Wildman–Crippen LogP) is 2.06. The molecule has 1 saturated heterocycles. The molecule has 2 N–H and O–H groups in total. The molecule has 1 aromatic heterocycles. The number of rotatable bonds is 3. The quantitative estimate of drug-likeness (QED) is 0.911. The summed E-state index contributed by atoms with van der Waals surface area (Å²) in [6.45, 7) is 0.633. The molecule has 4 rings (SSSR count). The number of fused-ring (bicyclic) bond motifs is 1. The summed E-state index contributed by atoms with van der Waals surface area (Å²) in [5.74, 6) is 0.156. The summed E-state index contributed by atoms with van der Waals surface area (Å²) in [6, 6.07) is 7.92. The second kappa shape index (κ2) is 5.30. The first-order valence-corrected chi connectivity index (χ1v) is 8.02. The maximum Gasteiger partial charge on any atom is 0.319 e. The van der Waals surface area contributed by atoms with Gasteiger partial charge >= 0.3 is 6.03 Å². The summed E-state index contributed by atoms with van der Waals surface area (Å²) in [7, 11) is 1.97. The van der Waals surface area contributed by atoms with Crippen LogP contribution in [0.15, 0.2) is 30.5 Å². The molecule has 1 saturated carbocycles. The summed E-state index contributed by atoms with van der Waals surface area (Å²) in [5.41, 5.74) is 1.82. The molecule has 0 radical (unpaired) electrons. The van der Waals surface area contributed by atoms with Crippen molar-refractivity contribution in [3.8, 4) is 0 Å². The molecule has 2 heterocycles. The lowest BCUT2D eigenvalue weighted by atomic mass is 10.2. The Balaban J connectivity index is 1.39. The summed E-state index contributed by atoms with van der Waals surface area (Å²) in [5, 5.41) is 6.91. The summed E-state index contributed by atoms with van der Waals surface area (Å²) < 4.78 is 2.02. The van der Waals surface area contributed by atoms with E-state index in [9.17, 15) is 9.59 Å². The number of nitrogens with zero attached hydrogens (tertiary/aromatic N) is 2. The van der Waals surface area contributed by atoms with Gasteiger partial charge in [-0.1, -0.05) is 6.07 Å². The highest BCUT2D eigenvalue weighted by Crippen LogP contribution is 2.30. The minimum atomic E-state index is -0.256. The Bertz CT molecular complexity index is 778. The number of carbonyl (C=O) groups excluding carboxylic acids is 2. The number of carbonyl (C=O) groups is 2. The summed E-state index contributed by atoms with van der Waals surface area (Å²) >= 11 is 0. The van der Waals surface area contributed by atoms with Crippen molar-refractivity contribution in [1.29, 1.82) is 0 Å². The highest BCUT2D eigenvalue weighted by atomic mass is 16.2. The van der Waals surface area contributed by atoms with Crippen LogP contribution in [0.25, 0.3) is 10.9 Å². The first-order chi connectivity index (χ1) is 11.1. The smallest absolute Gasteiger partial charge is 0.319 e. The number of benzene rings is 1. The van der Waals surface area contributed by atoms with Gasteiger partial charge < -0.3 is 20.1 Å². The summed E-state index contributed by atoms with van der Waals surface area (Å²) in [6.07, 6.45) is 4.59. The third kappa shape index (κ3) is 2.76. The lowest BCUT2D eigenvalue weighted by molar-refractivity contribution is -0.128. The fraction of sp³-hybridized carbons (Fsp3) is 0.412. The Hall–Kier alpha value is -2.50. The molecule has 1 atom stereocenters. The fourth-order valence-electron chi connectivity index (χ4n) is 3.26. The Morgan fingerprint density at radius 2 is 2.09 bits per heavy atom. The van der Waals surface area contributed by atoms with Gasteiger partial charge in [-0.05, 0) is 36.4 Å². The molecule has 6 nitrogen and oxygen atoms in total. The highest BCUT2D eigenvalue weighted by Gasteiger charge is 2.39. The third-order valence-corrected chi connectivity index (χ3v) is 4.63. The first-order valence-electron chi connectivity index (χ1n) is 8.02. The van der Waals surface area contributed by atoms with E-state index >= 15 is 0 Å². The zero-order chi connectivity index (χ0) is 16.0. The normalized spacial score (nSPS) is 21.0. The average molecular weight is 312 g/mol. The number of hydrogen-bond donors (Lipinski definition) is 2. The topological polar surface area (TPSA) is 66.4 Å². The molecule has 2 fully saturated rings. The number of anilines is 1. The Morgan fingerprint density at radius 3 is 2.87 bits per heavy atom. The van der Waals surface area contributed by atoms with Gasteiger partial charge in [0, 0.05) is 43.5 Å². The molecular formula is C17H20N4O2. The van der Waals surface area contributed by atoms with Crippen molar-refractivity contribution in [1.82, 2.24) is 14.8 Å². The van der Waals surface area contributed by atoms with Crippen LogP contribution < -0.4 is 10.6 Å². The van der Waals surface area contributed by atoms with Gasteiger partial charge in [-0.25, -0.2) is 4.79 Å². The molecule has 1 aromatic carbocycles. The summed E-state index contributed by atoms with van der Waals surface area (Å²) in [4.78, 5) is 26.0. The van der Waals surface area contributed by atoms with Gasteiger partial charge in [-0.15, -0.1) is 0 Å². The van der Waals surface area contributed by atoms with Crippen LogP contribution in [0, 0.1) is 0 Å². The van der Waals surface area contributed by atoms with Crippen molar-refractivity contribution in [3.05, 3.63) is 30.5 Å². The molecule has 120 valence electrons. The van der Waals surface area contributed by atoms with E-state index in [2.05, 4.69) is 10.6 Å². The first kappa shape index (κ1) is 14.1. The van der Waals surface area contributed by atoms with Gasteiger partial charge in [-0.2, -0.15) is 0 Å². The standard InChI is InChI=1S/C17H20N4O2/c1-20-7-6-11-2-3-12(8-15(11)20)18-17(23)19-13-9-16(22)21(10-13)14-4-5-14/h2-3,6-8,13-14H,4-5,9-10H2,1H3,(H2,18,19,23). The molecule has 0 bridgehead atoms. The van der Waals surface area contributed by atoms with E-state index in [1.54, 1.807) is 0 Å². The molecule has 1 unspecified atom stereocenters. The van der Waals surface area contributed by atoms with E-state index in [4.69, 9.17) is 0 Å². The van der Waals surface area contributed by atoms with E-state index in [0.717, 1.165) is 29.4 Å². The van der Waals surface area contributed by atoms with Crippen LogP contribution in [-0.4, -0.2) is 40.0 Å². The number of aryl methyl sites for hydroxylation is 1. The molecule has 2 aliphatic rings. The number of likely N-dealkylation sites (tertiary alicyclic amines) is 1. The van der Waals surface area contributed by atoms with Crippen molar-refractivity contribution >= 4 is 28.5 Å². The van der Waals surface area contributed by atoms with E-state index < -0.39 is 0 Å². The van der Waals surface area contributed by atoms with Crippen LogP contribution in [0.4, 0.5) is 10.5 Å². The van der Waals surface area contributed by atoms with Gasteiger partial charge in [0.2, 0.25) is 5.91 Å². The maximum absolute atomic E-state index is 12.2. The van der Waals surface area contributed by atoms with Crippen LogP contribution in [-0.2, 0) is 11.8 Å². The number of hydrogen-bond acceptors (Lipinski definition) is 2. The third-order valence-electron chi connectivity index (χ3n) is 4.63. The van der Waals surface area contributed by atoms with E-state index in [-0.39, 0.29) is 18.0 Å². The van der Waals surface area contributed by atoms with Crippen molar-refractivity contribution in [2.45, 2.75) is 31.3 Å². The average Bonchev–Trinajstić information content (AvgIpc) is 3.21. The lowest BCUT2D eigenvalue weighted by Gasteiger charge is -2.16. The van der Waals surface area contributed by atoms with E-state index in [1.807, 2.05) is 47.0 Å². The van der Waals surface area contributed by atoms with Crippen molar-refractivity contribution < 1.29 is 9.59 Å². The van der Waals surface area contributed by atoms with Crippen molar-refractivity contribution in [2.75, 3.05) is 11.9 Å². The molecule has 23 heavy (non-hydrogen) atoms. The Kier molecular flexibility index (Phi) is 3.25. The Labute approximate surface area is 134 Å². The SMILES string of the molecule is Cn1ccc2ccc(NC(=O)NC3CC(=O)N(C4CC4)C3)cc21. The zero-order valence-electron chi connectivity index (χ0n) is 13.1. The predicted molar refractivity (Wildman–Crippen MR) is 88.2 cm³/mol. The second-order valence-corrected chi connectivity index (χ2v) is 6.48. The molecule has 6 heteroatoms. The van der Waals surface area contributed by atoms with Crippen LogP contribution in [0.5, 0.6) is 0 Å². The number of urea groups is 1. The molecular weight excluding hydrogens is 292 g/mol. The van der Waals surface area contributed by atoms with Crippen LogP contribution in [0.1, 0.15) is 19.3 Å². The van der Waals surface area contributed by atoms with Gasteiger partial charge in [0.15, 0.2) is 0 Å². The van der Waals surface area contributed by atoms with E-state index in [0.29, 0.717) is 19.0 Å². The highest BCUT2D eigenvalue weighted by molar-refractivity contribution is 5.93. The monoisotopic (exact) mass is 312 g/mol. The molecule has 2 aromatic rings. The van der Waals surface area contributed by atoms with Gasteiger partial charge in [0.1, 0.15) is 0 Å². The molecule has 1 aliphatic heterocycles. The van der Waals surface area contributed by atoms with Crippen molar-refractivity contribution in [2.24, 2.45) is 7.05 Å². The largest absolute Gasteiger partial charge is 0.350 e. The van der Waals surface area contributed by atoms with Crippen LogP contribution in [0.2, 0.25) is 0 Å². The molecule has 1 aliphatic carbocycles. The number of aromatic nitrogens is 1. The Morgan fingerprint density at radius 1 is 1.26 bits per heavy atom. The zero-order valence-corrected chi connectivity index (χ0v) is 13.1. The van der Waals surface area contributed by atoms with Crippen LogP contribution >= 0.6 is 0 Å². The van der Waals surface area contributed by atoms with Gasteiger partial charge in [-0.3, -0.25) is 4.79 Å². The second-order valence-electron chi connectivity index (χ2n) is 6.48. The fourth-order valence-corrected chi connectivity index (χ4v) is 3.26. The number of nitrogens with one attached hydrogen (secondary N) is 2. The molecule has 3 amide bonds. The van der Waals surface area contributed by atoms with Crippen molar-refractivity contribution in [3.63, 3.8) is 0 Å². The van der Waals surface area contributed by atoms with Gasteiger partial charge in [0.05, 0.1) is 6.04 Å². The lowest BCUT2D eigenvalue weighted by Crippen LogP contribution is -2.40. The number of amides is 3.